The van der Waals surface area contributed by atoms with Crippen molar-refractivity contribution in [1.29, 1.82) is 0 Å². The second-order valence-corrected chi connectivity index (χ2v) is 7.78. The summed E-state index contributed by atoms with van der Waals surface area (Å²) >= 11 is 1.46. The number of thiophene rings is 1. The summed E-state index contributed by atoms with van der Waals surface area (Å²) in [6.07, 6.45) is 1.53. The molecular formula is C14H20N2O3S2. The van der Waals surface area contributed by atoms with Crippen molar-refractivity contribution in [2.24, 2.45) is 0 Å². The molecule has 2 aromatic rings. The van der Waals surface area contributed by atoms with E-state index in [1.807, 2.05) is 26.2 Å². The molecular weight excluding hydrogens is 308 g/mol. The maximum atomic E-state index is 12.5. The molecule has 2 rings (SSSR count). The van der Waals surface area contributed by atoms with Crippen LogP contribution in [0.15, 0.2) is 33.1 Å². The summed E-state index contributed by atoms with van der Waals surface area (Å²) in [5.41, 5.74) is 0.771. The van der Waals surface area contributed by atoms with E-state index in [9.17, 15) is 8.42 Å². The normalized spacial score (nSPS) is 12.2. The minimum Gasteiger partial charge on any atom is -0.468 e. The van der Waals surface area contributed by atoms with Gasteiger partial charge in [-0.1, -0.05) is 13.8 Å². The summed E-state index contributed by atoms with van der Waals surface area (Å²) < 4.78 is 32.7. The van der Waals surface area contributed by atoms with Gasteiger partial charge in [0.1, 0.15) is 10.7 Å². The third-order valence-electron chi connectivity index (χ3n) is 2.95. The average molecular weight is 328 g/mol. The van der Waals surface area contributed by atoms with Gasteiger partial charge >= 0.3 is 0 Å². The van der Waals surface area contributed by atoms with Crippen LogP contribution in [0, 0.1) is 6.92 Å². The van der Waals surface area contributed by atoms with Gasteiger partial charge in [-0.3, -0.25) is 0 Å². The van der Waals surface area contributed by atoms with Crippen LogP contribution in [0.25, 0.3) is 0 Å². The molecule has 0 spiro atoms. The zero-order valence-corrected chi connectivity index (χ0v) is 14.0. The summed E-state index contributed by atoms with van der Waals surface area (Å²) in [5.74, 6) is 0.591. The van der Waals surface area contributed by atoms with Gasteiger partial charge < -0.3 is 9.73 Å². The van der Waals surface area contributed by atoms with Crippen LogP contribution in [0.4, 0.5) is 0 Å². The Kier molecular flexibility index (Phi) is 5.21. The molecule has 0 aliphatic heterocycles. The van der Waals surface area contributed by atoms with Gasteiger partial charge in [0, 0.05) is 17.5 Å². The molecule has 0 aliphatic carbocycles. The van der Waals surface area contributed by atoms with Crippen molar-refractivity contribution in [3.63, 3.8) is 0 Å². The second kappa shape index (κ2) is 6.74. The Morgan fingerprint density at radius 1 is 1.33 bits per heavy atom. The third-order valence-corrected chi connectivity index (χ3v) is 5.81. The van der Waals surface area contributed by atoms with Gasteiger partial charge in [-0.2, -0.15) is 0 Å². The van der Waals surface area contributed by atoms with E-state index in [0.717, 1.165) is 10.4 Å². The Hall–Kier alpha value is -1.15. The Morgan fingerprint density at radius 2 is 2.10 bits per heavy atom. The van der Waals surface area contributed by atoms with Crippen LogP contribution in [0.2, 0.25) is 0 Å². The number of aryl methyl sites for hydroxylation is 1. The molecule has 0 saturated carbocycles. The maximum absolute atomic E-state index is 12.5. The highest BCUT2D eigenvalue weighted by molar-refractivity contribution is 7.89. The fourth-order valence-electron chi connectivity index (χ4n) is 1.92. The zero-order chi connectivity index (χ0) is 15.5. The molecule has 0 saturated heterocycles. The summed E-state index contributed by atoms with van der Waals surface area (Å²) in [4.78, 5) is 1.21. The summed E-state index contributed by atoms with van der Waals surface area (Å²) in [5, 5.41) is 5.13. The molecule has 0 bridgehead atoms. The van der Waals surface area contributed by atoms with Crippen LogP contribution in [-0.2, 0) is 23.1 Å². The predicted octanol–water partition coefficient (Wildman–Crippen LogP) is 2.63. The molecule has 21 heavy (non-hydrogen) atoms. The topological polar surface area (TPSA) is 71.3 Å². The number of hydrogen-bond donors (Lipinski definition) is 2. The first kappa shape index (κ1) is 16.2. The van der Waals surface area contributed by atoms with Gasteiger partial charge in [0.25, 0.3) is 0 Å². The standard InChI is InChI=1S/C14H20N2O3S2/c1-10(2)15-8-13-14(11(3)9-20-13)21(17,18)16-7-12-5-4-6-19-12/h4-6,9-10,15-16H,7-8H2,1-3H3. The molecule has 0 amide bonds. The molecule has 0 fully saturated rings. The maximum Gasteiger partial charge on any atom is 0.242 e. The second-order valence-electron chi connectivity index (χ2n) is 5.11. The largest absolute Gasteiger partial charge is 0.468 e. The van der Waals surface area contributed by atoms with Crippen LogP contribution in [0.3, 0.4) is 0 Å². The molecule has 2 heterocycles. The van der Waals surface area contributed by atoms with Crippen LogP contribution >= 0.6 is 11.3 Å². The van der Waals surface area contributed by atoms with E-state index in [1.54, 1.807) is 12.1 Å². The summed E-state index contributed by atoms with van der Waals surface area (Å²) in [7, 11) is -3.54. The number of furan rings is 1. The monoisotopic (exact) mass is 328 g/mol. The molecule has 0 aliphatic rings. The fraction of sp³-hybridized carbons (Fsp3) is 0.429. The van der Waals surface area contributed by atoms with Crippen LogP contribution in [-0.4, -0.2) is 14.5 Å². The van der Waals surface area contributed by atoms with E-state index in [0.29, 0.717) is 23.2 Å². The summed E-state index contributed by atoms with van der Waals surface area (Å²) in [6, 6.07) is 3.78. The van der Waals surface area contributed by atoms with E-state index in [1.165, 1.54) is 17.6 Å². The Bertz CT molecular complexity index is 673. The van der Waals surface area contributed by atoms with E-state index in [-0.39, 0.29) is 6.54 Å². The number of nitrogens with one attached hydrogen (secondary N) is 2. The van der Waals surface area contributed by atoms with Gasteiger partial charge in [0.15, 0.2) is 0 Å². The lowest BCUT2D eigenvalue weighted by atomic mass is 10.3. The van der Waals surface area contributed by atoms with Gasteiger partial charge in [0.05, 0.1) is 12.8 Å². The van der Waals surface area contributed by atoms with Crippen molar-refractivity contribution in [1.82, 2.24) is 10.0 Å². The van der Waals surface area contributed by atoms with Crippen LogP contribution in [0.5, 0.6) is 0 Å². The minimum atomic E-state index is -3.54. The first-order chi connectivity index (χ1) is 9.90. The van der Waals surface area contributed by atoms with Gasteiger partial charge in [0.2, 0.25) is 10.0 Å². The SMILES string of the molecule is Cc1csc(CNC(C)C)c1S(=O)(=O)NCc1ccco1. The molecule has 116 valence electrons. The molecule has 0 unspecified atom stereocenters. The number of sulfonamides is 1. The van der Waals surface area contributed by atoms with Crippen LogP contribution < -0.4 is 10.0 Å². The van der Waals surface area contributed by atoms with Crippen LogP contribution in [0.1, 0.15) is 30.0 Å². The molecule has 5 nitrogen and oxygen atoms in total. The van der Waals surface area contributed by atoms with Crippen molar-refractivity contribution < 1.29 is 12.8 Å². The minimum absolute atomic E-state index is 0.154. The summed E-state index contributed by atoms with van der Waals surface area (Å²) in [6.45, 7) is 6.58. The quantitative estimate of drug-likeness (QED) is 0.819. The molecule has 2 aromatic heterocycles. The zero-order valence-electron chi connectivity index (χ0n) is 12.3. The Balaban J connectivity index is 2.16. The lowest BCUT2D eigenvalue weighted by molar-refractivity contribution is 0.498. The van der Waals surface area contributed by atoms with Crippen molar-refractivity contribution >= 4 is 21.4 Å². The highest BCUT2D eigenvalue weighted by atomic mass is 32.2. The smallest absolute Gasteiger partial charge is 0.242 e. The first-order valence-electron chi connectivity index (χ1n) is 6.72. The molecule has 0 atom stereocenters. The van der Waals surface area contributed by atoms with Gasteiger partial charge in [-0.15, -0.1) is 11.3 Å². The van der Waals surface area contributed by atoms with Gasteiger partial charge in [-0.05, 0) is 30.0 Å². The Morgan fingerprint density at radius 3 is 2.71 bits per heavy atom. The van der Waals surface area contributed by atoms with E-state index in [2.05, 4.69) is 10.0 Å². The number of hydrogen-bond acceptors (Lipinski definition) is 5. The first-order valence-corrected chi connectivity index (χ1v) is 9.09. The molecule has 0 aromatic carbocycles. The van der Waals surface area contributed by atoms with Crippen molar-refractivity contribution in [2.45, 2.75) is 44.8 Å². The highest BCUT2D eigenvalue weighted by Crippen LogP contribution is 2.27. The van der Waals surface area contributed by atoms with Crippen molar-refractivity contribution in [2.75, 3.05) is 0 Å². The fourth-order valence-corrected chi connectivity index (χ4v) is 4.67. The number of rotatable bonds is 7. The average Bonchev–Trinajstić information content (AvgIpc) is 3.03. The van der Waals surface area contributed by atoms with Crippen molar-refractivity contribution in [3.05, 3.63) is 40.0 Å². The lowest BCUT2D eigenvalue weighted by Crippen LogP contribution is -2.26. The predicted molar refractivity (Wildman–Crippen MR) is 83.8 cm³/mol. The highest BCUT2D eigenvalue weighted by Gasteiger charge is 2.23. The Labute approximate surface area is 129 Å². The van der Waals surface area contributed by atoms with E-state index in [4.69, 9.17) is 4.42 Å². The van der Waals surface area contributed by atoms with Crippen molar-refractivity contribution in [3.8, 4) is 0 Å². The molecule has 0 radical (unpaired) electrons. The molecule has 2 N–H and O–H groups in total. The van der Waals surface area contributed by atoms with Gasteiger partial charge in [-0.25, -0.2) is 13.1 Å². The van der Waals surface area contributed by atoms with E-state index < -0.39 is 10.0 Å². The third kappa shape index (κ3) is 4.16. The van der Waals surface area contributed by atoms with E-state index >= 15 is 0 Å². The molecule has 7 heteroatoms. The lowest BCUT2D eigenvalue weighted by Gasteiger charge is -2.11.